The van der Waals surface area contributed by atoms with Gasteiger partial charge in [0.25, 0.3) is 0 Å². The number of allylic oxidation sites excluding steroid dienone is 1. The molecule has 0 atom stereocenters. The summed E-state index contributed by atoms with van der Waals surface area (Å²) in [6, 6.07) is 12.2. The fraction of sp³-hybridized carbons (Fsp3) is 0.100. The lowest BCUT2D eigenvalue weighted by molar-refractivity contribution is -0.114. The first kappa shape index (κ1) is 18.5. The van der Waals surface area contributed by atoms with Gasteiger partial charge in [-0.25, -0.2) is 0 Å². The van der Waals surface area contributed by atoms with E-state index in [1.807, 2.05) is 12.1 Å². The van der Waals surface area contributed by atoms with Gasteiger partial charge in [0, 0.05) is 28.2 Å². The molecule has 0 saturated carbocycles. The molecule has 0 aliphatic heterocycles. The molecule has 0 unspecified atom stereocenters. The Morgan fingerprint density at radius 3 is 2.80 bits per heavy atom. The van der Waals surface area contributed by atoms with Gasteiger partial charge >= 0.3 is 0 Å². The molecule has 0 spiro atoms. The Bertz CT molecular complexity index is 865. The average Bonchev–Trinajstić information content (AvgIpc) is 2.58. The number of ether oxygens (including phenoxy) is 1. The minimum atomic E-state index is -0.190. The van der Waals surface area contributed by atoms with E-state index in [9.17, 15) is 9.59 Å². The first-order chi connectivity index (χ1) is 12.0. The van der Waals surface area contributed by atoms with Gasteiger partial charge in [-0.05, 0) is 42.5 Å². The first-order valence-corrected chi connectivity index (χ1v) is 8.25. The molecule has 4 nitrogen and oxygen atoms in total. The lowest BCUT2D eigenvalue weighted by Crippen LogP contribution is -2.06. The fourth-order valence-electron chi connectivity index (χ4n) is 2.12. The summed E-state index contributed by atoms with van der Waals surface area (Å²) >= 11 is 3.39. The number of rotatable bonds is 6. The van der Waals surface area contributed by atoms with Crippen LogP contribution in [-0.2, 0) is 4.79 Å². The van der Waals surface area contributed by atoms with Crippen molar-refractivity contribution in [1.29, 1.82) is 0 Å². The monoisotopic (exact) mass is 397 g/mol. The zero-order valence-corrected chi connectivity index (χ0v) is 15.2. The molecule has 126 valence electrons. The number of hydrogen-bond donors (Lipinski definition) is 1. The Labute approximate surface area is 155 Å². The lowest BCUT2D eigenvalue weighted by Gasteiger charge is -2.07. The second-order valence-electron chi connectivity index (χ2n) is 5.13. The Hall–Kier alpha value is -2.84. The van der Waals surface area contributed by atoms with Gasteiger partial charge in [-0.2, -0.15) is 0 Å². The molecule has 0 aliphatic rings. The predicted molar refractivity (Wildman–Crippen MR) is 103 cm³/mol. The number of ketones is 1. The van der Waals surface area contributed by atoms with Gasteiger partial charge in [-0.15, -0.1) is 6.42 Å². The molecular formula is C20H16BrNO3. The van der Waals surface area contributed by atoms with Crippen molar-refractivity contribution in [3.8, 4) is 18.1 Å². The number of carbonyl (C=O) groups excluding carboxylic acids is 2. The summed E-state index contributed by atoms with van der Waals surface area (Å²) in [5.74, 6) is 2.63. The maximum atomic E-state index is 12.4. The summed E-state index contributed by atoms with van der Waals surface area (Å²) in [6.45, 7) is 1.56. The van der Waals surface area contributed by atoms with Gasteiger partial charge in [-0.3, -0.25) is 9.59 Å². The fourth-order valence-corrected chi connectivity index (χ4v) is 2.49. The summed E-state index contributed by atoms with van der Waals surface area (Å²) in [7, 11) is 0. The van der Waals surface area contributed by atoms with E-state index in [1.165, 1.54) is 13.0 Å². The molecule has 0 bridgehead atoms. The Morgan fingerprint density at radius 1 is 1.28 bits per heavy atom. The lowest BCUT2D eigenvalue weighted by atomic mass is 10.1. The van der Waals surface area contributed by atoms with E-state index >= 15 is 0 Å². The molecule has 2 rings (SSSR count). The number of halogens is 1. The number of nitrogens with one attached hydrogen (secondary N) is 1. The summed E-state index contributed by atoms with van der Waals surface area (Å²) in [6.07, 6.45) is 8.34. The molecule has 5 heteroatoms. The van der Waals surface area contributed by atoms with Gasteiger partial charge in [0.2, 0.25) is 5.91 Å². The number of amides is 1. The minimum Gasteiger partial charge on any atom is -0.480 e. The molecule has 0 saturated heterocycles. The Morgan fingerprint density at radius 2 is 2.08 bits per heavy atom. The van der Waals surface area contributed by atoms with Gasteiger partial charge < -0.3 is 10.1 Å². The number of benzene rings is 2. The molecule has 0 heterocycles. The van der Waals surface area contributed by atoms with Crippen LogP contribution in [0.25, 0.3) is 6.08 Å². The summed E-state index contributed by atoms with van der Waals surface area (Å²) in [5.41, 5.74) is 1.78. The van der Waals surface area contributed by atoms with Crippen LogP contribution < -0.4 is 10.1 Å². The molecule has 25 heavy (non-hydrogen) atoms. The van der Waals surface area contributed by atoms with Crippen LogP contribution in [0.1, 0.15) is 22.8 Å². The van der Waals surface area contributed by atoms with Crippen molar-refractivity contribution in [2.75, 3.05) is 11.9 Å². The van der Waals surface area contributed by atoms with Crippen molar-refractivity contribution >= 4 is 39.4 Å². The highest BCUT2D eigenvalue weighted by Crippen LogP contribution is 2.25. The summed E-state index contributed by atoms with van der Waals surface area (Å²) in [5, 5.41) is 2.65. The van der Waals surface area contributed by atoms with Crippen LogP contribution in [0.5, 0.6) is 5.75 Å². The molecule has 1 N–H and O–H groups in total. The van der Waals surface area contributed by atoms with Crippen molar-refractivity contribution in [1.82, 2.24) is 0 Å². The van der Waals surface area contributed by atoms with Gasteiger partial charge in [0.05, 0.1) is 0 Å². The van der Waals surface area contributed by atoms with E-state index in [1.54, 1.807) is 36.4 Å². The van der Waals surface area contributed by atoms with Crippen LogP contribution in [-0.4, -0.2) is 18.3 Å². The Kier molecular flexibility index (Phi) is 6.55. The van der Waals surface area contributed by atoms with E-state index in [0.29, 0.717) is 17.0 Å². The first-order valence-electron chi connectivity index (χ1n) is 7.45. The summed E-state index contributed by atoms with van der Waals surface area (Å²) in [4.78, 5) is 23.5. The third-order valence-corrected chi connectivity index (χ3v) is 3.66. The van der Waals surface area contributed by atoms with Crippen LogP contribution in [0.3, 0.4) is 0 Å². The van der Waals surface area contributed by atoms with E-state index in [-0.39, 0.29) is 18.3 Å². The SMILES string of the molecule is C#CCOc1ccc(Br)cc1/C=C/C(=O)c1cccc(NC(C)=O)c1. The van der Waals surface area contributed by atoms with Gasteiger partial charge in [0.15, 0.2) is 5.78 Å². The molecule has 2 aromatic rings. The topological polar surface area (TPSA) is 55.4 Å². The van der Waals surface area contributed by atoms with Crippen LogP contribution in [0, 0.1) is 12.3 Å². The van der Waals surface area contributed by atoms with Crippen molar-refractivity contribution in [2.45, 2.75) is 6.92 Å². The zero-order valence-electron chi connectivity index (χ0n) is 13.6. The van der Waals surface area contributed by atoms with Crippen molar-refractivity contribution in [3.63, 3.8) is 0 Å². The number of anilines is 1. The summed E-state index contributed by atoms with van der Waals surface area (Å²) < 4.78 is 6.34. The van der Waals surface area contributed by atoms with E-state index in [4.69, 9.17) is 11.2 Å². The quantitative estimate of drug-likeness (QED) is 0.448. The predicted octanol–water partition coefficient (Wildman–Crippen LogP) is 4.32. The maximum absolute atomic E-state index is 12.4. The van der Waals surface area contributed by atoms with E-state index in [2.05, 4.69) is 27.2 Å². The molecular weight excluding hydrogens is 382 g/mol. The molecule has 0 aromatic heterocycles. The molecule has 0 fully saturated rings. The number of terminal acetylenes is 1. The normalized spacial score (nSPS) is 10.3. The van der Waals surface area contributed by atoms with Crippen LogP contribution in [0.15, 0.2) is 53.0 Å². The van der Waals surface area contributed by atoms with Crippen molar-refractivity contribution in [3.05, 3.63) is 64.1 Å². The van der Waals surface area contributed by atoms with Crippen LogP contribution in [0.2, 0.25) is 0 Å². The Balaban J connectivity index is 2.21. The largest absolute Gasteiger partial charge is 0.480 e. The highest BCUT2D eigenvalue weighted by molar-refractivity contribution is 9.10. The molecule has 1 amide bonds. The van der Waals surface area contributed by atoms with Crippen molar-refractivity contribution in [2.24, 2.45) is 0 Å². The zero-order chi connectivity index (χ0) is 18.2. The van der Waals surface area contributed by atoms with E-state index < -0.39 is 0 Å². The van der Waals surface area contributed by atoms with Crippen LogP contribution in [0.4, 0.5) is 5.69 Å². The van der Waals surface area contributed by atoms with Gasteiger partial charge in [0.1, 0.15) is 12.4 Å². The molecule has 0 radical (unpaired) electrons. The third kappa shape index (κ3) is 5.63. The second-order valence-corrected chi connectivity index (χ2v) is 6.05. The van der Waals surface area contributed by atoms with E-state index in [0.717, 1.165) is 10.0 Å². The highest BCUT2D eigenvalue weighted by Gasteiger charge is 2.06. The number of hydrogen-bond acceptors (Lipinski definition) is 3. The molecule has 2 aromatic carbocycles. The third-order valence-electron chi connectivity index (χ3n) is 3.16. The highest BCUT2D eigenvalue weighted by atomic mass is 79.9. The molecule has 0 aliphatic carbocycles. The maximum Gasteiger partial charge on any atom is 0.221 e. The second kappa shape index (κ2) is 8.86. The number of carbonyl (C=O) groups is 2. The average molecular weight is 398 g/mol. The smallest absolute Gasteiger partial charge is 0.221 e. The van der Waals surface area contributed by atoms with Gasteiger partial charge in [-0.1, -0.05) is 34.0 Å². The standard InChI is InChI=1S/C20H16BrNO3/c1-3-11-25-20-10-8-17(21)12-16(20)7-9-19(24)15-5-4-6-18(13-15)22-14(2)23/h1,4-10,12-13H,11H2,2H3,(H,22,23)/b9-7+. The van der Waals surface area contributed by atoms with Crippen LogP contribution >= 0.6 is 15.9 Å². The van der Waals surface area contributed by atoms with Crippen molar-refractivity contribution < 1.29 is 14.3 Å². The minimum absolute atomic E-state index is 0.148.